The van der Waals surface area contributed by atoms with Crippen molar-refractivity contribution in [3.8, 4) is 0 Å². The third kappa shape index (κ3) is 1.04. The van der Waals surface area contributed by atoms with E-state index >= 15 is 0 Å². The van der Waals surface area contributed by atoms with Gasteiger partial charge in [0.1, 0.15) is 0 Å². The number of hydrogen-bond donors (Lipinski definition) is 0. The second-order valence-electron chi connectivity index (χ2n) is 1.59. The number of carbonyl (C=O) groups excluding carboxylic acids is 1. The van der Waals surface area contributed by atoms with Crippen molar-refractivity contribution in [1.82, 2.24) is 0 Å². The van der Waals surface area contributed by atoms with Crippen molar-refractivity contribution in [3.05, 3.63) is 24.3 Å². The number of hydrogen-bond acceptors (Lipinski definition) is 2. The monoisotopic (exact) mass is 109 g/mol. The van der Waals surface area contributed by atoms with Gasteiger partial charge in [0.15, 0.2) is 5.78 Å². The Morgan fingerprint density at radius 1 is 1.38 bits per heavy atom. The van der Waals surface area contributed by atoms with Crippen LogP contribution >= 0.6 is 0 Å². The lowest BCUT2D eigenvalue weighted by molar-refractivity contribution is -0.387. The molecule has 1 rings (SSSR count). The maximum atomic E-state index is 10.4. The van der Waals surface area contributed by atoms with Crippen molar-refractivity contribution in [2.45, 2.75) is 6.10 Å². The van der Waals surface area contributed by atoms with Gasteiger partial charge < -0.3 is 5.11 Å². The number of carbonyl (C=O) groups is 1. The average molecular weight is 109 g/mol. The van der Waals surface area contributed by atoms with E-state index in [4.69, 9.17) is 0 Å². The van der Waals surface area contributed by atoms with Gasteiger partial charge in [-0.05, 0) is 12.2 Å². The fourth-order valence-electron chi connectivity index (χ4n) is 0.499. The maximum absolute atomic E-state index is 10.4. The van der Waals surface area contributed by atoms with Gasteiger partial charge in [-0.2, -0.15) is 0 Å². The molecule has 0 bridgehead atoms. The van der Waals surface area contributed by atoms with Gasteiger partial charge in [0.05, 0.1) is 0 Å². The summed E-state index contributed by atoms with van der Waals surface area (Å²) in [4.78, 5) is 10.3. The number of allylic oxidation sites excluding steroid dienone is 2. The Kier molecular flexibility index (Phi) is 1.26. The highest BCUT2D eigenvalue weighted by Crippen LogP contribution is 1.93. The molecule has 0 aromatic carbocycles. The third-order valence-electron chi connectivity index (χ3n) is 0.900. The Morgan fingerprint density at radius 2 is 1.88 bits per heavy atom. The van der Waals surface area contributed by atoms with Gasteiger partial charge >= 0.3 is 0 Å². The molecule has 8 heavy (non-hydrogen) atoms. The van der Waals surface area contributed by atoms with Crippen LogP contribution in [0.1, 0.15) is 0 Å². The Bertz CT molecular complexity index is 140. The van der Waals surface area contributed by atoms with Gasteiger partial charge in [0, 0.05) is 0 Å². The van der Waals surface area contributed by atoms with Crippen molar-refractivity contribution in [1.29, 1.82) is 0 Å². The molecule has 0 fully saturated rings. The van der Waals surface area contributed by atoms with Crippen LogP contribution in [0.5, 0.6) is 0 Å². The van der Waals surface area contributed by atoms with Gasteiger partial charge in [0.2, 0.25) is 0 Å². The van der Waals surface area contributed by atoms with Crippen LogP contribution < -0.4 is 5.11 Å². The zero-order chi connectivity index (χ0) is 5.98. The lowest BCUT2D eigenvalue weighted by Crippen LogP contribution is -2.21. The molecule has 0 aliphatic heterocycles. The molecule has 0 saturated heterocycles. The van der Waals surface area contributed by atoms with Crippen LogP contribution in [0.15, 0.2) is 24.3 Å². The van der Waals surface area contributed by atoms with Gasteiger partial charge in [-0.15, -0.1) is 0 Å². The lowest BCUT2D eigenvalue weighted by Gasteiger charge is -2.13. The highest BCUT2D eigenvalue weighted by molar-refractivity contribution is 6.00. The molecule has 2 nitrogen and oxygen atoms in total. The van der Waals surface area contributed by atoms with Crippen molar-refractivity contribution in [2.75, 3.05) is 0 Å². The minimum Gasteiger partial charge on any atom is -0.846 e. The molecule has 0 heterocycles. The molecule has 0 amide bonds. The molecule has 0 spiro atoms. The summed E-state index contributed by atoms with van der Waals surface area (Å²) in [6.45, 7) is 0. The van der Waals surface area contributed by atoms with E-state index < -0.39 is 6.10 Å². The van der Waals surface area contributed by atoms with Gasteiger partial charge in [-0.3, -0.25) is 4.79 Å². The molecule has 0 aromatic heterocycles. The summed E-state index contributed by atoms with van der Waals surface area (Å²) >= 11 is 0. The van der Waals surface area contributed by atoms with Crippen LogP contribution in [0.4, 0.5) is 0 Å². The van der Waals surface area contributed by atoms with E-state index in [-0.39, 0.29) is 5.78 Å². The van der Waals surface area contributed by atoms with Gasteiger partial charge in [-0.1, -0.05) is 18.3 Å². The first-order valence-electron chi connectivity index (χ1n) is 2.35. The van der Waals surface area contributed by atoms with E-state index in [1.807, 2.05) is 0 Å². The van der Waals surface area contributed by atoms with E-state index in [9.17, 15) is 9.90 Å². The molecule has 1 aliphatic rings. The highest BCUT2D eigenvalue weighted by Gasteiger charge is 1.93. The molecular formula is C6H5O2-. The second-order valence-corrected chi connectivity index (χ2v) is 1.59. The van der Waals surface area contributed by atoms with Crippen molar-refractivity contribution >= 4 is 5.78 Å². The maximum Gasteiger partial charge on any atom is 0.177 e. The van der Waals surface area contributed by atoms with Crippen LogP contribution in [0, 0.1) is 0 Å². The standard InChI is InChI=1S/C6H5O2/c7-5-1-2-6(8)4-3-5/h1-5H/q-1. The Balaban J connectivity index is 2.68. The SMILES string of the molecule is O=C1C=CC([O-])C=C1. The number of rotatable bonds is 0. The molecule has 2 heteroatoms. The molecule has 0 saturated carbocycles. The fourth-order valence-corrected chi connectivity index (χ4v) is 0.499. The molecule has 0 atom stereocenters. The minimum atomic E-state index is -0.812. The molecule has 0 aromatic rings. The summed E-state index contributed by atoms with van der Waals surface area (Å²) in [6, 6.07) is 0. The molecule has 1 aliphatic carbocycles. The normalized spacial score (nSPS) is 19.9. The average Bonchev–Trinajstić information content (AvgIpc) is 1.77. The van der Waals surface area contributed by atoms with E-state index in [1.165, 1.54) is 24.3 Å². The van der Waals surface area contributed by atoms with Crippen LogP contribution in [-0.2, 0) is 4.79 Å². The zero-order valence-electron chi connectivity index (χ0n) is 4.20. The van der Waals surface area contributed by atoms with Crippen molar-refractivity contribution in [2.24, 2.45) is 0 Å². The molecule has 0 unspecified atom stereocenters. The second kappa shape index (κ2) is 1.92. The summed E-state index contributed by atoms with van der Waals surface area (Å²) in [5, 5.41) is 10.4. The molecule has 42 valence electrons. The van der Waals surface area contributed by atoms with Crippen LogP contribution in [0.2, 0.25) is 0 Å². The van der Waals surface area contributed by atoms with E-state index in [0.717, 1.165) is 0 Å². The summed E-state index contributed by atoms with van der Waals surface area (Å²) in [5.74, 6) is -0.0999. The first-order valence-corrected chi connectivity index (χ1v) is 2.35. The first-order chi connectivity index (χ1) is 3.79. The van der Waals surface area contributed by atoms with Gasteiger partial charge in [0.25, 0.3) is 0 Å². The Labute approximate surface area is 47.1 Å². The largest absolute Gasteiger partial charge is 0.846 e. The van der Waals surface area contributed by atoms with E-state index in [1.54, 1.807) is 0 Å². The predicted molar refractivity (Wildman–Crippen MR) is 27.1 cm³/mol. The predicted octanol–water partition coefficient (Wildman–Crippen LogP) is -0.590. The molecule has 0 N–H and O–H groups in total. The Morgan fingerprint density at radius 3 is 2.25 bits per heavy atom. The number of ketones is 1. The third-order valence-corrected chi connectivity index (χ3v) is 0.900. The van der Waals surface area contributed by atoms with Crippen molar-refractivity contribution < 1.29 is 9.90 Å². The summed E-state index contributed by atoms with van der Waals surface area (Å²) in [6.07, 6.45) is 4.44. The summed E-state index contributed by atoms with van der Waals surface area (Å²) < 4.78 is 0. The quantitative estimate of drug-likeness (QED) is 0.417. The first kappa shape index (κ1) is 5.25. The molecular weight excluding hydrogens is 104 g/mol. The minimum absolute atomic E-state index is 0.0999. The lowest BCUT2D eigenvalue weighted by atomic mass is 10.2. The summed E-state index contributed by atoms with van der Waals surface area (Å²) in [7, 11) is 0. The fraction of sp³-hybridized carbons (Fsp3) is 0.167. The topological polar surface area (TPSA) is 40.1 Å². The van der Waals surface area contributed by atoms with E-state index in [2.05, 4.69) is 0 Å². The Hall–Kier alpha value is -0.890. The van der Waals surface area contributed by atoms with Crippen LogP contribution in [0.25, 0.3) is 0 Å². The van der Waals surface area contributed by atoms with Crippen LogP contribution in [-0.4, -0.2) is 11.9 Å². The molecule has 0 radical (unpaired) electrons. The summed E-state index contributed by atoms with van der Waals surface area (Å²) in [5.41, 5.74) is 0. The smallest absolute Gasteiger partial charge is 0.177 e. The van der Waals surface area contributed by atoms with Gasteiger partial charge in [-0.25, -0.2) is 0 Å². The highest BCUT2D eigenvalue weighted by atomic mass is 16.3. The van der Waals surface area contributed by atoms with Crippen molar-refractivity contribution in [3.63, 3.8) is 0 Å². The van der Waals surface area contributed by atoms with E-state index in [0.29, 0.717) is 0 Å². The van der Waals surface area contributed by atoms with Crippen LogP contribution in [0.3, 0.4) is 0 Å². The zero-order valence-corrected chi connectivity index (χ0v) is 4.20.